The van der Waals surface area contributed by atoms with Crippen molar-refractivity contribution in [3.05, 3.63) is 45.6 Å². The number of hydrogen-bond acceptors (Lipinski definition) is 6. The summed E-state index contributed by atoms with van der Waals surface area (Å²) >= 11 is 0. The lowest BCUT2D eigenvalue weighted by atomic mass is 10.1. The maximum absolute atomic E-state index is 12.4. The van der Waals surface area contributed by atoms with Gasteiger partial charge in [0.25, 0.3) is 0 Å². The van der Waals surface area contributed by atoms with E-state index >= 15 is 0 Å². The summed E-state index contributed by atoms with van der Waals surface area (Å²) in [5.41, 5.74) is 0.914. The average Bonchev–Trinajstić information content (AvgIpc) is 2.49. The molecule has 0 saturated carbocycles. The number of esters is 1. The molecule has 0 aliphatic rings. The number of pyridine rings is 1. The van der Waals surface area contributed by atoms with Crippen molar-refractivity contribution in [3.8, 4) is 5.88 Å². The van der Waals surface area contributed by atoms with Gasteiger partial charge in [0.05, 0.1) is 12.0 Å². The quantitative estimate of drug-likeness (QED) is 0.577. The number of ether oxygens (including phenoxy) is 1. The molecule has 2 aromatic heterocycles. The largest absolute Gasteiger partial charge is 0.493 e. The van der Waals surface area contributed by atoms with Gasteiger partial charge in [0.15, 0.2) is 11.1 Å². The number of fused-ring (bicyclic) bond motifs is 2. The molecule has 0 fully saturated rings. The zero-order valence-corrected chi connectivity index (χ0v) is 12.0. The Balaban J connectivity index is 2.34. The molecule has 0 amide bonds. The van der Waals surface area contributed by atoms with Crippen LogP contribution in [0.25, 0.3) is 22.1 Å². The Kier molecular flexibility index (Phi) is 3.29. The molecule has 112 valence electrons. The molecule has 22 heavy (non-hydrogen) atoms. The second-order valence-corrected chi connectivity index (χ2v) is 4.86. The van der Waals surface area contributed by atoms with Crippen LogP contribution >= 0.6 is 0 Å². The Morgan fingerprint density at radius 1 is 1.32 bits per heavy atom. The fourth-order valence-electron chi connectivity index (χ4n) is 2.24. The first-order chi connectivity index (χ1) is 10.5. The van der Waals surface area contributed by atoms with Gasteiger partial charge < -0.3 is 14.3 Å². The summed E-state index contributed by atoms with van der Waals surface area (Å²) in [6.07, 6.45) is 0. The number of aryl methyl sites for hydroxylation is 1. The summed E-state index contributed by atoms with van der Waals surface area (Å²) in [5.74, 6) is -1.27. The molecule has 0 unspecified atom stereocenters. The maximum atomic E-state index is 12.4. The summed E-state index contributed by atoms with van der Waals surface area (Å²) in [6, 6.07) is 6.47. The number of carbonyl (C=O) groups excluding carboxylic acids is 1. The zero-order valence-electron chi connectivity index (χ0n) is 12.0. The van der Waals surface area contributed by atoms with E-state index < -0.39 is 11.8 Å². The Morgan fingerprint density at radius 3 is 2.82 bits per heavy atom. The van der Waals surface area contributed by atoms with Gasteiger partial charge in [0, 0.05) is 6.07 Å². The van der Waals surface area contributed by atoms with E-state index in [0.29, 0.717) is 11.0 Å². The fraction of sp³-hybridized carbons (Fsp3) is 0.188. The van der Waals surface area contributed by atoms with Crippen LogP contribution in [0.1, 0.15) is 22.8 Å². The lowest BCUT2D eigenvalue weighted by Crippen LogP contribution is -2.09. The Morgan fingerprint density at radius 2 is 2.09 bits per heavy atom. The third-order valence-electron chi connectivity index (χ3n) is 3.28. The van der Waals surface area contributed by atoms with E-state index in [1.807, 2.05) is 13.0 Å². The minimum absolute atomic E-state index is 0.0244. The third-order valence-corrected chi connectivity index (χ3v) is 3.28. The monoisotopic (exact) mass is 299 g/mol. The molecular formula is C16H13NO5. The van der Waals surface area contributed by atoms with Crippen molar-refractivity contribution >= 4 is 28.0 Å². The summed E-state index contributed by atoms with van der Waals surface area (Å²) in [4.78, 5) is 28.0. The van der Waals surface area contributed by atoms with Crippen molar-refractivity contribution in [1.82, 2.24) is 4.98 Å². The summed E-state index contributed by atoms with van der Waals surface area (Å²) in [7, 11) is 0. The van der Waals surface area contributed by atoms with Gasteiger partial charge in [0.1, 0.15) is 11.1 Å². The molecule has 6 nitrogen and oxygen atoms in total. The SMILES string of the molecule is CCOC(=O)c1cc2oc3ccc(C)cc3c(=O)c2nc1O. The highest BCUT2D eigenvalue weighted by molar-refractivity contribution is 5.96. The number of rotatable bonds is 2. The van der Waals surface area contributed by atoms with Gasteiger partial charge in [0.2, 0.25) is 11.3 Å². The van der Waals surface area contributed by atoms with Crippen LogP contribution in [0.4, 0.5) is 0 Å². The zero-order chi connectivity index (χ0) is 15.9. The second-order valence-electron chi connectivity index (χ2n) is 4.86. The van der Waals surface area contributed by atoms with E-state index in [4.69, 9.17) is 9.15 Å². The van der Waals surface area contributed by atoms with Crippen LogP contribution in [0.15, 0.2) is 33.5 Å². The van der Waals surface area contributed by atoms with Crippen molar-refractivity contribution in [1.29, 1.82) is 0 Å². The molecule has 1 aromatic carbocycles. The van der Waals surface area contributed by atoms with Gasteiger partial charge in [-0.25, -0.2) is 9.78 Å². The number of carbonyl (C=O) groups is 1. The highest BCUT2D eigenvalue weighted by Crippen LogP contribution is 2.24. The molecule has 0 aliphatic heterocycles. The first-order valence-corrected chi connectivity index (χ1v) is 6.75. The van der Waals surface area contributed by atoms with Gasteiger partial charge in [-0.3, -0.25) is 4.79 Å². The minimum atomic E-state index is -0.721. The van der Waals surface area contributed by atoms with E-state index in [-0.39, 0.29) is 28.7 Å². The second kappa shape index (κ2) is 5.14. The summed E-state index contributed by atoms with van der Waals surface area (Å²) in [6.45, 7) is 3.68. The highest BCUT2D eigenvalue weighted by atomic mass is 16.5. The van der Waals surface area contributed by atoms with Crippen molar-refractivity contribution < 1.29 is 19.1 Å². The van der Waals surface area contributed by atoms with Crippen LogP contribution < -0.4 is 5.43 Å². The van der Waals surface area contributed by atoms with Crippen LogP contribution in [0.2, 0.25) is 0 Å². The van der Waals surface area contributed by atoms with E-state index in [1.165, 1.54) is 6.07 Å². The Labute approximate surface area is 125 Å². The van der Waals surface area contributed by atoms with Crippen LogP contribution in [0.3, 0.4) is 0 Å². The standard InChI is InChI=1S/C16H13NO5/c1-3-21-16(20)10-7-12-13(17-15(10)19)14(18)9-6-8(2)4-5-11(9)22-12/h4-7H,3H2,1-2H3,(H,17,19). The van der Waals surface area contributed by atoms with E-state index in [0.717, 1.165) is 5.56 Å². The number of aromatic hydroxyl groups is 1. The molecule has 1 N–H and O–H groups in total. The first-order valence-electron chi connectivity index (χ1n) is 6.75. The van der Waals surface area contributed by atoms with Crippen molar-refractivity contribution in [2.24, 2.45) is 0 Å². The molecule has 0 bridgehead atoms. The van der Waals surface area contributed by atoms with Crippen molar-refractivity contribution in [3.63, 3.8) is 0 Å². The van der Waals surface area contributed by atoms with Gasteiger partial charge in [-0.2, -0.15) is 0 Å². The highest BCUT2D eigenvalue weighted by Gasteiger charge is 2.18. The van der Waals surface area contributed by atoms with Gasteiger partial charge in [-0.15, -0.1) is 0 Å². The smallest absolute Gasteiger partial charge is 0.343 e. The summed E-state index contributed by atoms with van der Waals surface area (Å²) in [5, 5.41) is 10.2. The topological polar surface area (TPSA) is 89.6 Å². The van der Waals surface area contributed by atoms with Gasteiger partial charge in [-0.1, -0.05) is 11.6 Å². The number of nitrogens with zero attached hydrogens (tertiary/aromatic N) is 1. The molecule has 0 atom stereocenters. The number of hydrogen-bond donors (Lipinski definition) is 1. The molecule has 0 radical (unpaired) electrons. The van der Waals surface area contributed by atoms with E-state index in [2.05, 4.69) is 4.98 Å². The summed E-state index contributed by atoms with van der Waals surface area (Å²) < 4.78 is 10.5. The molecule has 0 aliphatic carbocycles. The molecule has 6 heteroatoms. The minimum Gasteiger partial charge on any atom is -0.493 e. The molecule has 3 rings (SSSR count). The van der Waals surface area contributed by atoms with Crippen molar-refractivity contribution in [2.75, 3.05) is 6.61 Å². The normalized spacial score (nSPS) is 11.0. The van der Waals surface area contributed by atoms with Crippen molar-refractivity contribution in [2.45, 2.75) is 13.8 Å². The number of aromatic nitrogens is 1. The Bertz CT molecular complexity index is 958. The first kappa shape index (κ1) is 14.1. The van der Waals surface area contributed by atoms with Crippen LogP contribution in [0, 0.1) is 6.92 Å². The molecule has 0 spiro atoms. The van der Waals surface area contributed by atoms with Crippen LogP contribution in [-0.4, -0.2) is 22.7 Å². The lowest BCUT2D eigenvalue weighted by molar-refractivity contribution is 0.0522. The van der Waals surface area contributed by atoms with Crippen LogP contribution in [-0.2, 0) is 4.74 Å². The Hall–Kier alpha value is -2.89. The van der Waals surface area contributed by atoms with Crippen LogP contribution in [0.5, 0.6) is 5.88 Å². The predicted octanol–water partition coefficient (Wildman–Crippen LogP) is 2.53. The van der Waals surface area contributed by atoms with E-state index in [1.54, 1.807) is 19.1 Å². The van der Waals surface area contributed by atoms with Gasteiger partial charge in [-0.05, 0) is 26.0 Å². The van der Waals surface area contributed by atoms with Gasteiger partial charge >= 0.3 is 5.97 Å². The average molecular weight is 299 g/mol. The molecule has 2 heterocycles. The maximum Gasteiger partial charge on any atom is 0.343 e. The third kappa shape index (κ3) is 2.18. The fourth-order valence-corrected chi connectivity index (χ4v) is 2.24. The van der Waals surface area contributed by atoms with E-state index in [9.17, 15) is 14.7 Å². The molecule has 0 saturated heterocycles. The predicted molar refractivity (Wildman–Crippen MR) is 80.1 cm³/mol. The lowest BCUT2D eigenvalue weighted by Gasteiger charge is -2.06. The molecule has 3 aromatic rings. The molecular weight excluding hydrogens is 286 g/mol. The number of benzene rings is 1.